The second kappa shape index (κ2) is 10.6. The van der Waals surface area contributed by atoms with Crippen LogP contribution in [-0.2, 0) is 0 Å². The van der Waals surface area contributed by atoms with Crippen LogP contribution in [0.25, 0.3) is 61.5 Å². The molecule has 4 heteroatoms. The topological polar surface area (TPSA) is 34.1 Å². The summed E-state index contributed by atoms with van der Waals surface area (Å²) in [5.41, 5.74) is 15.2. The lowest BCUT2D eigenvalue weighted by Gasteiger charge is -2.23. The summed E-state index contributed by atoms with van der Waals surface area (Å²) in [7, 11) is 0. The summed E-state index contributed by atoms with van der Waals surface area (Å²) in [6, 6.07) is 58.4. The summed E-state index contributed by atoms with van der Waals surface area (Å²) in [6.45, 7) is 0. The van der Waals surface area contributed by atoms with Gasteiger partial charge in [-0.05, 0) is 74.8 Å². The maximum atomic E-state index is 5.14. The molecule has 10 rings (SSSR count). The molecule has 4 nitrogen and oxygen atoms in total. The highest BCUT2D eigenvalue weighted by Crippen LogP contribution is 2.43. The van der Waals surface area contributed by atoms with Crippen molar-refractivity contribution in [2.24, 2.45) is 4.99 Å². The Morgan fingerprint density at radius 3 is 1.96 bits per heavy atom. The van der Waals surface area contributed by atoms with Crippen LogP contribution in [0.15, 0.2) is 175 Å². The van der Waals surface area contributed by atoms with Gasteiger partial charge in [0.25, 0.3) is 0 Å². The van der Waals surface area contributed by atoms with Gasteiger partial charge < -0.3 is 0 Å². The minimum absolute atomic E-state index is 0.0923. The standard InChI is InChI=1S/C44H29N4/c1-2-10-34(11-3-1)48-40-15-7-6-14-39(40)45-44(48)32-23-21-30(22-24-32)29-17-19-31(20-18-29)33-25-26-36-35-12-4-5-13-37(35)43-42(38(36)28-33)46-41-16-8-9-27-47(41)43/h1-28,43H/q+1. The fourth-order valence-corrected chi connectivity index (χ4v) is 7.46. The highest BCUT2D eigenvalue weighted by molar-refractivity contribution is 6.14. The molecule has 0 fully saturated rings. The van der Waals surface area contributed by atoms with Gasteiger partial charge >= 0.3 is 5.82 Å². The van der Waals surface area contributed by atoms with E-state index in [1.165, 1.54) is 44.5 Å². The van der Waals surface area contributed by atoms with E-state index in [1.807, 2.05) is 12.1 Å². The molecule has 1 unspecified atom stereocenters. The zero-order chi connectivity index (χ0) is 31.6. The Labute approximate surface area is 278 Å². The van der Waals surface area contributed by atoms with E-state index in [4.69, 9.17) is 9.98 Å². The number of hydrogen-bond donors (Lipinski definition) is 0. The van der Waals surface area contributed by atoms with Crippen LogP contribution in [0.2, 0.25) is 0 Å². The number of aromatic nitrogens is 3. The third kappa shape index (κ3) is 4.13. The number of benzene rings is 6. The minimum Gasteiger partial charge on any atom is -0.292 e. The smallest absolute Gasteiger partial charge is 0.292 e. The highest BCUT2D eigenvalue weighted by atomic mass is 15.2. The number of pyridine rings is 1. The van der Waals surface area contributed by atoms with E-state index in [9.17, 15) is 0 Å². The van der Waals surface area contributed by atoms with Crippen molar-refractivity contribution in [3.05, 3.63) is 181 Å². The molecule has 8 aromatic rings. The lowest BCUT2D eigenvalue weighted by molar-refractivity contribution is -0.680. The van der Waals surface area contributed by atoms with Gasteiger partial charge in [-0.3, -0.25) is 4.57 Å². The molecule has 0 bridgehead atoms. The predicted molar refractivity (Wildman–Crippen MR) is 194 cm³/mol. The molecule has 0 saturated carbocycles. The van der Waals surface area contributed by atoms with Gasteiger partial charge in [-0.25, -0.2) is 9.55 Å². The molecule has 3 heterocycles. The van der Waals surface area contributed by atoms with E-state index in [0.29, 0.717) is 0 Å². The van der Waals surface area contributed by atoms with Crippen molar-refractivity contribution in [1.82, 2.24) is 9.55 Å². The normalized spacial score (nSPS) is 14.2. The maximum absolute atomic E-state index is 5.14. The van der Waals surface area contributed by atoms with E-state index in [-0.39, 0.29) is 6.04 Å². The summed E-state index contributed by atoms with van der Waals surface area (Å²) >= 11 is 0. The van der Waals surface area contributed by atoms with Crippen LogP contribution >= 0.6 is 0 Å². The molecule has 2 aliphatic rings. The Kier molecular flexibility index (Phi) is 5.90. The van der Waals surface area contributed by atoms with E-state index >= 15 is 0 Å². The number of aliphatic imine (C=N–C) groups is 1. The number of nitrogens with zero attached hydrogens (tertiary/aromatic N) is 4. The number of imidazole rings is 1. The van der Waals surface area contributed by atoms with Crippen LogP contribution in [-0.4, -0.2) is 15.3 Å². The van der Waals surface area contributed by atoms with E-state index in [0.717, 1.165) is 39.6 Å². The number of hydrogen-bond acceptors (Lipinski definition) is 2. The molecule has 1 atom stereocenters. The molecule has 0 N–H and O–H groups in total. The zero-order valence-electron chi connectivity index (χ0n) is 26.0. The van der Waals surface area contributed by atoms with Crippen molar-refractivity contribution < 1.29 is 4.57 Å². The van der Waals surface area contributed by atoms with Gasteiger partial charge in [0.2, 0.25) is 5.71 Å². The van der Waals surface area contributed by atoms with Crippen molar-refractivity contribution in [3.8, 4) is 50.5 Å². The van der Waals surface area contributed by atoms with Crippen LogP contribution in [0, 0.1) is 0 Å². The summed E-state index contributed by atoms with van der Waals surface area (Å²) in [6.07, 6.45) is 2.15. The molecule has 0 spiro atoms. The van der Waals surface area contributed by atoms with Crippen LogP contribution in [0.1, 0.15) is 17.2 Å². The second-order valence-corrected chi connectivity index (χ2v) is 12.5. The molecule has 6 aromatic carbocycles. The number of fused-ring (bicyclic) bond motifs is 9. The van der Waals surface area contributed by atoms with Gasteiger partial charge in [0.1, 0.15) is 5.82 Å². The van der Waals surface area contributed by atoms with E-state index in [1.54, 1.807) is 0 Å². The minimum atomic E-state index is 0.0923. The first-order valence-corrected chi connectivity index (χ1v) is 16.4. The monoisotopic (exact) mass is 613 g/mol. The first-order valence-electron chi connectivity index (χ1n) is 16.4. The first kappa shape index (κ1) is 26.8. The second-order valence-electron chi connectivity index (χ2n) is 12.5. The lowest BCUT2D eigenvalue weighted by Crippen LogP contribution is -2.42. The van der Waals surface area contributed by atoms with Gasteiger partial charge in [-0.15, -0.1) is 0 Å². The molecule has 0 saturated heterocycles. The maximum Gasteiger partial charge on any atom is 0.324 e. The zero-order valence-corrected chi connectivity index (χ0v) is 26.0. The summed E-state index contributed by atoms with van der Waals surface area (Å²) in [5.74, 6) is 1.94. The average Bonchev–Trinajstić information content (AvgIpc) is 3.75. The fraction of sp³-hybridized carbons (Fsp3) is 0.0227. The van der Waals surface area contributed by atoms with Crippen LogP contribution in [0.3, 0.4) is 0 Å². The van der Waals surface area contributed by atoms with Crippen LogP contribution < -0.4 is 4.57 Å². The summed E-state index contributed by atoms with van der Waals surface area (Å²) < 4.78 is 4.54. The lowest BCUT2D eigenvalue weighted by atomic mass is 9.80. The van der Waals surface area contributed by atoms with E-state index in [2.05, 4.69) is 167 Å². The first-order chi connectivity index (χ1) is 23.8. The van der Waals surface area contributed by atoms with Gasteiger partial charge in [-0.1, -0.05) is 121 Å². The summed E-state index contributed by atoms with van der Waals surface area (Å²) in [4.78, 5) is 10.2. The third-order valence-electron chi connectivity index (χ3n) is 9.75. The SMILES string of the molecule is c1ccc(-n2c(-c3ccc(-c4ccc(-c5ccc6c(c5)C5=Nc7cccc[n+]7C5c5ccccc5-6)cc4)cc3)nc3ccccc32)cc1. The summed E-state index contributed by atoms with van der Waals surface area (Å²) in [5, 5.41) is 0. The Balaban J connectivity index is 0.985. The van der Waals surface area contributed by atoms with Crippen molar-refractivity contribution in [2.75, 3.05) is 0 Å². The Morgan fingerprint density at radius 2 is 1.15 bits per heavy atom. The van der Waals surface area contributed by atoms with Crippen molar-refractivity contribution in [2.45, 2.75) is 6.04 Å². The fourth-order valence-electron chi connectivity index (χ4n) is 7.46. The van der Waals surface area contributed by atoms with Gasteiger partial charge in [-0.2, -0.15) is 0 Å². The average molecular weight is 614 g/mol. The Morgan fingerprint density at radius 1 is 0.500 bits per heavy atom. The molecular weight excluding hydrogens is 585 g/mol. The third-order valence-corrected chi connectivity index (χ3v) is 9.75. The van der Waals surface area contributed by atoms with Gasteiger partial charge in [0.15, 0.2) is 6.04 Å². The van der Waals surface area contributed by atoms with Crippen molar-refractivity contribution >= 4 is 22.6 Å². The molecular formula is C44H29N4+. The van der Waals surface area contributed by atoms with Gasteiger partial charge in [0, 0.05) is 28.4 Å². The molecule has 2 aromatic heterocycles. The Hall–Kier alpha value is -6.39. The van der Waals surface area contributed by atoms with Crippen molar-refractivity contribution in [3.63, 3.8) is 0 Å². The van der Waals surface area contributed by atoms with Crippen molar-refractivity contribution in [1.29, 1.82) is 0 Å². The van der Waals surface area contributed by atoms with Crippen LogP contribution in [0.5, 0.6) is 0 Å². The predicted octanol–water partition coefficient (Wildman–Crippen LogP) is 10.0. The quantitative estimate of drug-likeness (QED) is 0.182. The Bertz CT molecular complexity index is 2540. The number of rotatable bonds is 4. The highest BCUT2D eigenvalue weighted by Gasteiger charge is 2.43. The largest absolute Gasteiger partial charge is 0.324 e. The molecule has 1 aliphatic heterocycles. The molecule has 48 heavy (non-hydrogen) atoms. The molecule has 1 aliphatic carbocycles. The number of para-hydroxylation sites is 3. The molecule has 224 valence electrons. The van der Waals surface area contributed by atoms with E-state index < -0.39 is 0 Å². The molecule has 0 amide bonds. The molecule has 0 radical (unpaired) electrons. The van der Waals surface area contributed by atoms with Gasteiger partial charge in [0.05, 0.1) is 17.2 Å². The van der Waals surface area contributed by atoms with Crippen LogP contribution in [0.4, 0.5) is 5.82 Å².